The van der Waals surface area contributed by atoms with Crippen molar-refractivity contribution >= 4 is 17.3 Å². The van der Waals surface area contributed by atoms with E-state index in [-0.39, 0.29) is 0 Å². The molecule has 14 heavy (non-hydrogen) atoms. The van der Waals surface area contributed by atoms with Crippen LogP contribution in [0.1, 0.15) is 12.8 Å². The highest BCUT2D eigenvalue weighted by atomic mass is 35.5. The first-order valence-corrected chi connectivity index (χ1v) is 5.27. The average molecular weight is 212 g/mol. The Labute approximate surface area is 89.4 Å². The molecule has 1 heterocycles. The molecular weight excluding hydrogens is 198 g/mol. The van der Waals surface area contributed by atoms with Crippen LogP contribution in [0.5, 0.6) is 5.75 Å². The lowest BCUT2D eigenvalue weighted by atomic mass is 10.2. The van der Waals surface area contributed by atoms with E-state index in [1.807, 2.05) is 18.2 Å². The summed E-state index contributed by atoms with van der Waals surface area (Å²) in [5, 5.41) is 0.727. The molecule has 0 amide bonds. The third-order valence-electron chi connectivity index (χ3n) is 2.59. The Bertz CT molecular complexity index is 321. The topological polar surface area (TPSA) is 12.5 Å². The number of ether oxygens (including phenoxy) is 1. The minimum Gasteiger partial charge on any atom is -0.495 e. The number of anilines is 1. The summed E-state index contributed by atoms with van der Waals surface area (Å²) < 4.78 is 5.31. The van der Waals surface area contributed by atoms with Gasteiger partial charge in [-0.2, -0.15) is 0 Å². The Balaban J connectivity index is 2.31. The quantitative estimate of drug-likeness (QED) is 0.746. The first-order valence-electron chi connectivity index (χ1n) is 4.90. The van der Waals surface area contributed by atoms with Gasteiger partial charge in [0.1, 0.15) is 5.75 Å². The zero-order valence-corrected chi connectivity index (χ0v) is 9.05. The van der Waals surface area contributed by atoms with Crippen molar-refractivity contribution in [3.05, 3.63) is 23.2 Å². The number of hydrogen-bond donors (Lipinski definition) is 0. The van der Waals surface area contributed by atoms with Gasteiger partial charge in [-0.25, -0.2) is 0 Å². The lowest BCUT2D eigenvalue weighted by Gasteiger charge is -2.20. The summed E-state index contributed by atoms with van der Waals surface area (Å²) in [6.45, 7) is 2.25. The molecule has 0 unspecified atom stereocenters. The molecule has 3 heteroatoms. The molecular formula is C11H14ClNO. The van der Waals surface area contributed by atoms with Gasteiger partial charge < -0.3 is 9.64 Å². The zero-order chi connectivity index (χ0) is 9.97. The van der Waals surface area contributed by atoms with Crippen LogP contribution in [0.3, 0.4) is 0 Å². The van der Waals surface area contributed by atoms with E-state index in [1.54, 1.807) is 7.11 Å². The standard InChI is InChI=1S/C11H14ClNO/c1-14-11-8-9(12)4-5-10(11)13-6-2-3-7-13/h4-5,8H,2-3,6-7H2,1H3. The number of halogens is 1. The van der Waals surface area contributed by atoms with E-state index in [0.29, 0.717) is 0 Å². The molecule has 0 aliphatic carbocycles. The summed E-state index contributed by atoms with van der Waals surface area (Å²) >= 11 is 5.90. The minimum atomic E-state index is 0.727. The molecule has 0 atom stereocenters. The van der Waals surface area contributed by atoms with E-state index in [9.17, 15) is 0 Å². The predicted molar refractivity (Wildman–Crippen MR) is 59.5 cm³/mol. The monoisotopic (exact) mass is 211 g/mol. The number of methoxy groups -OCH3 is 1. The Kier molecular flexibility index (Phi) is 2.82. The van der Waals surface area contributed by atoms with Crippen molar-refractivity contribution in [2.24, 2.45) is 0 Å². The number of rotatable bonds is 2. The van der Waals surface area contributed by atoms with Gasteiger partial charge in [-0.15, -0.1) is 0 Å². The van der Waals surface area contributed by atoms with Crippen LogP contribution in [0.15, 0.2) is 18.2 Å². The van der Waals surface area contributed by atoms with Crippen LogP contribution in [-0.2, 0) is 0 Å². The van der Waals surface area contributed by atoms with Crippen molar-refractivity contribution in [3.8, 4) is 5.75 Å². The lowest BCUT2D eigenvalue weighted by molar-refractivity contribution is 0.415. The van der Waals surface area contributed by atoms with Crippen molar-refractivity contribution < 1.29 is 4.74 Å². The molecule has 1 aromatic rings. The Morgan fingerprint density at radius 1 is 1.29 bits per heavy atom. The van der Waals surface area contributed by atoms with Crippen molar-refractivity contribution in [2.45, 2.75) is 12.8 Å². The van der Waals surface area contributed by atoms with Crippen LogP contribution in [0.25, 0.3) is 0 Å². The summed E-state index contributed by atoms with van der Waals surface area (Å²) in [6, 6.07) is 5.82. The highest BCUT2D eigenvalue weighted by molar-refractivity contribution is 6.30. The summed E-state index contributed by atoms with van der Waals surface area (Å²) in [5.41, 5.74) is 1.16. The van der Waals surface area contributed by atoms with E-state index in [4.69, 9.17) is 16.3 Å². The molecule has 0 aromatic heterocycles. The molecule has 0 radical (unpaired) electrons. The summed E-state index contributed by atoms with van der Waals surface area (Å²) in [5.74, 6) is 0.874. The maximum Gasteiger partial charge on any atom is 0.143 e. The molecule has 0 spiro atoms. The van der Waals surface area contributed by atoms with E-state index in [0.717, 1.165) is 29.5 Å². The highest BCUT2D eigenvalue weighted by Gasteiger charge is 2.16. The highest BCUT2D eigenvalue weighted by Crippen LogP contribution is 2.32. The summed E-state index contributed by atoms with van der Waals surface area (Å²) in [6.07, 6.45) is 2.54. The maximum atomic E-state index is 5.90. The summed E-state index contributed by atoms with van der Waals surface area (Å²) in [7, 11) is 1.69. The second-order valence-corrected chi connectivity index (χ2v) is 3.95. The van der Waals surface area contributed by atoms with Gasteiger partial charge in [0.25, 0.3) is 0 Å². The van der Waals surface area contributed by atoms with Crippen molar-refractivity contribution in [1.82, 2.24) is 0 Å². The molecule has 1 aliphatic heterocycles. The van der Waals surface area contributed by atoms with Gasteiger partial charge in [0, 0.05) is 24.2 Å². The average Bonchev–Trinajstić information content (AvgIpc) is 2.70. The van der Waals surface area contributed by atoms with Gasteiger partial charge in [0.2, 0.25) is 0 Å². The number of benzene rings is 1. The van der Waals surface area contributed by atoms with Gasteiger partial charge >= 0.3 is 0 Å². The van der Waals surface area contributed by atoms with Crippen LogP contribution in [-0.4, -0.2) is 20.2 Å². The van der Waals surface area contributed by atoms with Crippen LogP contribution in [0.2, 0.25) is 5.02 Å². The van der Waals surface area contributed by atoms with Crippen molar-refractivity contribution in [1.29, 1.82) is 0 Å². The normalized spacial score (nSPS) is 16.0. The second kappa shape index (κ2) is 4.09. The predicted octanol–water partition coefficient (Wildman–Crippen LogP) is 2.95. The van der Waals surface area contributed by atoms with E-state index >= 15 is 0 Å². The largest absolute Gasteiger partial charge is 0.495 e. The van der Waals surface area contributed by atoms with E-state index in [1.165, 1.54) is 12.8 Å². The Morgan fingerprint density at radius 2 is 2.00 bits per heavy atom. The zero-order valence-electron chi connectivity index (χ0n) is 8.29. The third-order valence-corrected chi connectivity index (χ3v) is 2.82. The third kappa shape index (κ3) is 1.80. The molecule has 76 valence electrons. The van der Waals surface area contributed by atoms with Gasteiger partial charge in [-0.1, -0.05) is 11.6 Å². The SMILES string of the molecule is COc1cc(Cl)ccc1N1CCCC1. The lowest BCUT2D eigenvalue weighted by Crippen LogP contribution is -2.18. The molecule has 0 saturated carbocycles. The Morgan fingerprint density at radius 3 is 2.64 bits per heavy atom. The first kappa shape index (κ1) is 9.66. The van der Waals surface area contributed by atoms with Crippen molar-refractivity contribution in [2.75, 3.05) is 25.1 Å². The molecule has 1 aromatic carbocycles. The molecule has 1 aliphatic rings. The molecule has 2 rings (SSSR count). The van der Waals surface area contributed by atoms with Gasteiger partial charge in [-0.05, 0) is 25.0 Å². The van der Waals surface area contributed by atoms with Crippen LogP contribution < -0.4 is 9.64 Å². The molecule has 0 N–H and O–H groups in total. The van der Waals surface area contributed by atoms with E-state index in [2.05, 4.69) is 4.90 Å². The summed E-state index contributed by atoms with van der Waals surface area (Å²) in [4.78, 5) is 2.34. The van der Waals surface area contributed by atoms with Gasteiger partial charge in [0.15, 0.2) is 0 Å². The smallest absolute Gasteiger partial charge is 0.143 e. The fourth-order valence-electron chi connectivity index (χ4n) is 1.87. The number of hydrogen-bond acceptors (Lipinski definition) is 2. The first-order chi connectivity index (χ1) is 6.81. The van der Waals surface area contributed by atoms with Crippen LogP contribution >= 0.6 is 11.6 Å². The van der Waals surface area contributed by atoms with E-state index < -0.39 is 0 Å². The molecule has 1 saturated heterocycles. The fourth-order valence-corrected chi connectivity index (χ4v) is 2.03. The fraction of sp³-hybridized carbons (Fsp3) is 0.455. The van der Waals surface area contributed by atoms with Crippen LogP contribution in [0.4, 0.5) is 5.69 Å². The van der Waals surface area contributed by atoms with Crippen LogP contribution in [0, 0.1) is 0 Å². The molecule has 1 fully saturated rings. The minimum absolute atomic E-state index is 0.727. The second-order valence-electron chi connectivity index (χ2n) is 3.51. The van der Waals surface area contributed by atoms with Crippen molar-refractivity contribution in [3.63, 3.8) is 0 Å². The Hall–Kier alpha value is -0.890. The number of nitrogens with zero attached hydrogens (tertiary/aromatic N) is 1. The van der Waals surface area contributed by atoms with Gasteiger partial charge in [0.05, 0.1) is 12.8 Å². The van der Waals surface area contributed by atoms with Gasteiger partial charge in [-0.3, -0.25) is 0 Å². The maximum absolute atomic E-state index is 5.90. The molecule has 0 bridgehead atoms. The molecule has 2 nitrogen and oxygen atoms in total.